The lowest BCUT2D eigenvalue weighted by molar-refractivity contribution is 0.0983. The fraction of sp³-hybridized carbons (Fsp3) is 0.500. The fourth-order valence-electron chi connectivity index (χ4n) is 2.07. The van der Waals surface area contributed by atoms with Crippen LogP contribution in [-0.2, 0) is 20.3 Å². The first-order chi connectivity index (χ1) is 8.49. The average molecular weight is 273 g/mol. The first-order valence-electron chi connectivity index (χ1n) is 5.82. The summed E-state index contributed by atoms with van der Waals surface area (Å²) in [5.74, 6) is -0.594. The van der Waals surface area contributed by atoms with E-state index in [1.54, 1.807) is 0 Å². The molecule has 0 radical (unpaired) electrons. The van der Waals surface area contributed by atoms with Crippen molar-refractivity contribution in [1.82, 2.24) is 0 Å². The van der Waals surface area contributed by atoms with Crippen LogP contribution in [0.25, 0.3) is 0 Å². The van der Waals surface area contributed by atoms with Gasteiger partial charge in [0, 0.05) is 18.9 Å². The second-order valence-corrected chi connectivity index (χ2v) is 6.74. The van der Waals surface area contributed by atoms with Crippen LogP contribution in [0.2, 0.25) is 0 Å². The molecule has 1 saturated heterocycles. The monoisotopic (exact) mass is 273 g/mol. The van der Waals surface area contributed by atoms with E-state index < -0.39 is 15.7 Å². The molecule has 1 heterocycles. The van der Waals surface area contributed by atoms with Crippen LogP contribution in [0.15, 0.2) is 18.2 Å². The standard InChI is InChI=1S/C12H16FNO3S/c13-10-2-1-9(12(14)7-10)8-18(15,16)11-3-5-17-6-4-11/h1-2,7,11H,3-6,8,14H2. The van der Waals surface area contributed by atoms with Gasteiger partial charge in [0.2, 0.25) is 0 Å². The van der Waals surface area contributed by atoms with Gasteiger partial charge in [-0.1, -0.05) is 6.07 Å². The first-order valence-corrected chi connectivity index (χ1v) is 7.54. The van der Waals surface area contributed by atoms with Crippen LogP contribution in [-0.4, -0.2) is 26.9 Å². The van der Waals surface area contributed by atoms with Crippen molar-refractivity contribution in [3.8, 4) is 0 Å². The Balaban J connectivity index is 2.16. The van der Waals surface area contributed by atoms with E-state index in [1.807, 2.05) is 0 Å². The highest BCUT2D eigenvalue weighted by molar-refractivity contribution is 7.91. The molecular weight excluding hydrogens is 257 g/mol. The van der Waals surface area contributed by atoms with Crippen LogP contribution < -0.4 is 5.73 Å². The molecule has 0 atom stereocenters. The lowest BCUT2D eigenvalue weighted by Crippen LogP contribution is -2.30. The molecule has 100 valence electrons. The van der Waals surface area contributed by atoms with E-state index in [9.17, 15) is 12.8 Å². The Bertz CT molecular complexity index is 524. The quantitative estimate of drug-likeness (QED) is 0.847. The van der Waals surface area contributed by atoms with Crippen LogP contribution in [0.4, 0.5) is 10.1 Å². The van der Waals surface area contributed by atoms with Gasteiger partial charge in [0.05, 0.1) is 11.0 Å². The van der Waals surface area contributed by atoms with Gasteiger partial charge in [0.25, 0.3) is 0 Å². The van der Waals surface area contributed by atoms with E-state index >= 15 is 0 Å². The second-order valence-electron chi connectivity index (χ2n) is 4.46. The zero-order valence-corrected chi connectivity index (χ0v) is 10.7. The van der Waals surface area contributed by atoms with Crippen molar-refractivity contribution in [2.24, 2.45) is 0 Å². The zero-order chi connectivity index (χ0) is 13.2. The summed E-state index contributed by atoms with van der Waals surface area (Å²) in [4.78, 5) is 0. The van der Waals surface area contributed by atoms with Crippen LogP contribution >= 0.6 is 0 Å². The number of benzene rings is 1. The largest absolute Gasteiger partial charge is 0.398 e. The normalized spacial score (nSPS) is 17.8. The van der Waals surface area contributed by atoms with Crippen LogP contribution in [0, 0.1) is 5.82 Å². The molecule has 0 aliphatic carbocycles. The zero-order valence-electron chi connectivity index (χ0n) is 9.93. The minimum absolute atomic E-state index is 0.135. The molecule has 18 heavy (non-hydrogen) atoms. The Hall–Kier alpha value is -1.14. The van der Waals surface area contributed by atoms with Crippen molar-refractivity contribution >= 4 is 15.5 Å². The summed E-state index contributed by atoms with van der Waals surface area (Å²) >= 11 is 0. The highest BCUT2D eigenvalue weighted by Crippen LogP contribution is 2.23. The summed E-state index contributed by atoms with van der Waals surface area (Å²) < 4.78 is 42.4. The van der Waals surface area contributed by atoms with Crippen LogP contribution in [0.3, 0.4) is 0 Å². The summed E-state index contributed by atoms with van der Waals surface area (Å²) in [6, 6.07) is 3.81. The Morgan fingerprint density at radius 3 is 2.61 bits per heavy atom. The van der Waals surface area contributed by atoms with E-state index in [0.29, 0.717) is 31.6 Å². The van der Waals surface area contributed by atoms with Gasteiger partial charge in [-0.25, -0.2) is 12.8 Å². The number of hydrogen-bond acceptors (Lipinski definition) is 4. The third kappa shape index (κ3) is 3.00. The molecule has 1 aliphatic heterocycles. The number of sulfone groups is 1. The highest BCUT2D eigenvalue weighted by atomic mass is 32.2. The lowest BCUT2D eigenvalue weighted by atomic mass is 10.2. The van der Waals surface area contributed by atoms with Gasteiger partial charge in [-0.3, -0.25) is 0 Å². The SMILES string of the molecule is Nc1cc(F)ccc1CS(=O)(=O)C1CCOCC1. The van der Waals surface area contributed by atoms with Gasteiger partial charge < -0.3 is 10.5 Å². The predicted octanol–water partition coefficient (Wildman–Crippen LogP) is 1.50. The van der Waals surface area contributed by atoms with E-state index in [1.165, 1.54) is 12.1 Å². The van der Waals surface area contributed by atoms with Gasteiger partial charge in [0.15, 0.2) is 9.84 Å². The smallest absolute Gasteiger partial charge is 0.157 e. The number of nitrogens with two attached hydrogens (primary N) is 1. The van der Waals surface area contributed by atoms with Crippen LogP contribution in [0.5, 0.6) is 0 Å². The summed E-state index contributed by atoms with van der Waals surface area (Å²) in [5, 5.41) is -0.379. The molecule has 2 N–H and O–H groups in total. The number of ether oxygens (including phenoxy) is 1. The summed E-state index contributed by atoms with van der Waals surface area (Å²) in [6.45, 7) is 0.950. The molecule has 1 aromatic carbocycles. The Labute approximate surface area is 106 Å². The number of hydrogen-bond donors (Lipinski definition) is 1. The molecule has 1 aromatic rings. The summed E-state index contributed by atoms with van der Waals surface area (Å²) in [5.41, 5.74) is 6.28. The van der Waals surface area contributed by atoms with E-state index in [-0.39, 0.29) is 16.7 Å². The minimum Gasteiger partial charge on any atom is -0.398 e. The van der Waals surface area contributed by atoms with Crippen LogP contribution in [0.1, 0.15) is 18.4 Å². The molecule has 2 rings (SSSR count). The molecule has 0 unspecified atom stereocenters. The lowest BCUT2D eigenvalue weighted by Gasteiger charge is -2.22. The van der Waals surface area contributed by atoms with Gasteiger partial charge >= 0.3 is 0 Å². The molecule has 0 saturated carbocycles. The maximum absolute atomic E-state index is 12.9. The number of rotatable bonds is 3. The van der Waals surface area contributed by atoms with Gasteiger partial charge in [0.1, 0.15) is 5.82 Å². The third-order valence-electron chi connectivity index (χ3n) is 3.14. The van der Waals surface area contributed by atoms with Gasteiger partial charge in [-0.15, -0.1) is 0 Å². The van der Waals surface area contributed by atoms with E-state index in [0.717, 1.165) is 6.07 Å². The first kappa shape index (κ1) is 13.3. The summed E-state index contributed by atoms with van der Waals surface area (Å²) in [6.07, 6.45) is 1.03. The van der Waals surface area contributed by atoms with Crippen molar-refractivity contribution in [3.05, 3.63) is 29.6 Å². The number of nitrogen functional groups attached to an aromatic ring is 1. The second kappa shape index (κ2) is 5.24. The summed E-state index contributed by atoms with van der Waals surface area (Å²) in [7, 11) is -3.25. The van der Waals surface area contributed by atoms with E-state index in [4.69, 9.17) is 10.5 Å². The van der Waals surface area contributed by atoms with Crippen molar-refractivity contribution in [3.63, 3.8) is 0 Å². The maximum atomic E-state index is 12.9. The molecule has 0 bridgehead atoms. The molecule has 0 spiro atoms. The van der Waals surface area contributed by atoms with Crippen molar-refractivity contribution in [2.45, 2.75) is 23.8 Å². The van der Waals surface area contributed by atoms with Crippen molar-refractivity contribution in [2.75, 3.05) is 18.9 Å². The molecule has 1 aliphatic rings. The maximum Gasteiger partial charge on any atom is 0.157 e. The molecule has 0 amide bonds. The minimum atomic E-state index is -3.25. The van der Waals surface area contributed by atoms with E-state index in [2.05, 4.69) is 0 Å². The number of anilines is 1. The van der Waals surface area contributed by atoms with Crippen molar-refractivity contribution in [1.29, 1.82) is 0 Å². The highest BCUT2D eigenvalue weighted by Gasteiger charge is 2.28. The number of halogens is 1. The Morgan fingerprint density at radius 2 is 2.00 bits per heavy atom. The molecule has 4 nitrogen and oxygen atoms in total. The van der Waals surface area contributed by atoms with Gasteiger partial charge in [-0.05, 0) is 30.5 Å². The van der Waals surface area contributed by atoms with Gasteiger partial charge in [-0.2, -0.15) is 0 Å². The Kier molecular flexibility index (Phi) is 3.87. The topological polar surface area (TPSA) is 69.4 Å². The fourth-order valence-corrected chi connectivity index (χ4v) is 3.91. The third-order valence-corrected chi connectivity index (χ3v) is 5.34. The predicted molar refractivity (Wildman–Crippen MR) is 67.3 cm³/mol. The molecular formula is C12H16FNO3S. The van der Waals surface area contributed by atoms with Crippen molar-refractivity contribution < 1.29 is 17.5 Å². The molecule has 0 aromatic heterocycles. The average Bonchev–Trinajstić information content (AvgIpc) is 2.34. The molecule has 1 fully saturated rings. The molecule has 6 heteroatoms. The Morgan fingerprint density at radius 1 is 1.33 bits per heavy atom.